The van der Waals surface area contributed by atoms with Crippen LogP contribution in [0.25, 0.3) is 0 Å². The van der Waals surface area contributed by atoms with Gasteiger partial charge in [0.25, 0.3) is 0 Å². The molecule has 158 valence electrons. The van der Waals surface area contributed by atoms with Crippen molar-refractivity contribution in [2.45, 2.75) is 103 Å². The molecule has 3 N–H and O–H groups in total. The molecule has 4 nitrogen and oxygen atoms in total. The van der Waals surface area contributed by atoms with Crippen molar-refractivity contribution in [2.75, 3.05) is 5.32 Å². The Morgan fingerprint density at radius 2 is 1.31 bits per heavy atom. The molecule has 0 atom stereocenters. The average Bonchev–Trinajstić information content (AvgIpc) is 2.69. The fraction of sp³-hybridized carbons (Fsp3) is 0.667. The van der Waals surface area contributed by atoms with Gasteiger partial charge in [-0.2, -0.15) is 0 Å². The summed E-state index contributed by atoms with van der Waals surface area (Å²) >= 11 is 1.81. The van der Waals surface area contributed by atoms with E-state index in [1.165, 1.54) is 77.0 Å². The minimum absolute atomic E-state index is 0.00802. The number of amides is 2. The molecule has 1 aromatic carbocycles. The first kappa shape index (κ1) is 25.8. The van der Waals surface area contributed by atoms with Crippen molar-refractivity contribution < 1.29 is 9.59 Å². The van der Waals surface area contributed by atoms with E-state index >= 15 is 0 Å². The topological polar surface area (TPSA) is 72.2 Å². The summed E-state index contributed by atoms with van der Waals surface area (Å²) in [6.45, 7) is 2.27. The molecular weight excluding hydrogens is 355 g/mol. The molecule has 0 bridgehead atoms. The number of rotatable bonds is 17. The normalized spacial score (nSPS) is 10.9. The van der Waals surface area contributed by atoms with Crippen molar-refractivity contribution in [1.29, 1.82) is 0 Å². The van der Waals surface area contributed by atoms with Gasteiger partial charge >= 0.3 is 135 Å². The Bertz CT molecular complexity index is 605. The number of primary amides is 1. The SMILES string of the molecule is [Li][c]1c(NC(=O)CCCCCCCCCCCCCCCC)cccc1C(N)=O. The van der Waals surface area contributed by atoms with Crippen LogP contribution in [0, 0.1) is 0 Å². The number of hydrogen-bond acceptors (Lipinski definition) is 2. The zero-order chi connectivity index (χ0) is 21.3. The van der Waals surface area contributed by atoms with Crippen LogP contribution in [0.4, 0.5) is 5.69 Å². The third-order valence-corrected chi connectivity index (χ3v) is 5.63. The van der Waals surface area contributed by atoms with E-state index in [1.807, 2.05) is 23.8 Å². The summed E-state index contributed by atoms with van der Waals surface area (Å²) in [5.74, 6) is -0.459. The molecule has 0 aromatic heterocycles. The van der Waals surface area contributed by atoms with Crippen molar-refractivity contribution in [1.82, 2.24) is 0 Å². The van der Waals surface area contributed by atoms with E-state index in [-0.39, 0.29) is 5.91 Å². The molecule has 5 heteroatoms. The van der Waals surface area contributed by atoms with Crippen LogP contribution in [0.5, 0.6) is 0 Å². The molecule has 0 saturated carbocycles. The molecule has 0 saturated heterocycles. The Morgan fingerprint density at radius 1 is 0.828 bits per heavy atom. The predicted molar refractivity (Wildman–Crippen MR) is 124 cm³/mol. The van der Waals surface area contributed by atoms with Gasteiger partial charge < -0.3 is 0 Å². The Kier molecular flexibility index (Phi) is 14.7. The maximum absolute atomic E-state index is 12.1. The van der Waals surface area contributed by atoms with Crippen molar-refractivity contribution in [3.63, 3.8) is 0 Å². The molecule has 2 amide bonds. The molecule has 0 aliphatic carbocycles. The van der Waals surface area contributed by atoms with Crippen molar-refractivity contribution >= 4 is 39.5 Å². The third-order valence-electron chi connectivity index (χ3n) is 5.63. The first-order chi connectivity index (χ1) is 14.1. The van der Waals surface area contributed by atoms with Gasteiger partial charge in [-0.05, 0) is 0 Å². The first-order valence-corrected chi connectivity index (χ1v) is 11.8. The number of nitrogens with one attached hydrogen (secondary N) is 1. The molecule has 0 aliphatic heterocycles. The van der Waals surface area contributed by atoms with E-state index in [4.69, 9.17) is 5.73 Å². The van der Waals surface area contributed by atoms with Crippen molar-refractivity contribution in [3.8, 4) is 0 Å². The number of unbranched alkanes of at least 4 members (excludes halogenated alkanes) is 13. The number of hydrogen-bond donors (Lipinski definition) is 2. The Labute approximate surface area is 187 Å². The van der Waals surface area contributed by atoms with Gasteiger partial charge in [-0.25, -0.2) is 0 Å². The number of benzene rings is 1. The Balaban J connectivity index is 2.00. The fourth-order valence-electron chi connectivity index (χ4n) is 3.73. The summed E-state index contributed by atoms with van der Waals surface area (Å²) in [6.07, 6.45) is 18.8. The summed E-state index contributed by atoms with van der Waals surface area (Å²) in [6, 6.07) is 5.24. The van der Waals surface area contributed by atoms with E-state index in [1.54, 1.807) is 12.1 Å². The molecule has 29 heavy (non-hydrogen) atoms. The number of carbonyl (C=O) groups is 2. The van der Waals surface area contributed by atoms with Crippen LogP contribution in [0.3, 0.4) is 0 Å². The zero-order valence-electron chi connectivity index (χ0n) is 18.7. The van der Waals surface area contributed by atoms with Gasteiger partial charge in [0.2, 0.25) is 0 Å². The molecule has 0 heterocycles. The van der Waals surface area contributed by atoms with Crippen LogP contribution < -0.4 is 15.3 Å². The van der Waals surface area contributed by atoms with Crippen molar-refractivity contribution in [2.24, 2.45) is 5.73 Å². The number of nitrogens with two attached hydrogens (primary N) is 1. The van der Waals surface area contributed by atoms with E-state index in [2.05, 4.69) is 12.2 Å². The van der Waals surface area contributed by atoms with E-state index < -0.39 is 5.91 Å². The quantitative estimate of drug-likeness (QED) is 0.275. The van der Waals surface area contributed by atoms with Crippen LogP contribution in [0.1, 0.15) is 114 Å². The van der Waals surface area contributed by atoms with Gasteiger partial charge in [-0.15, -0.1) is 0 Å². The van der Waals surface area contributed by atoms with Gasteiger partial charge in [0.05, 0.1) is 0 Å². The van der Waals surface area contributed by atoms with Gasteiger partial charge in [-0.1, -0.05) is 51.9 Å². The standard InChI is InChI=1S/C24H39N2O2.Li/c1-2-3-4-5-6-7-8-9-10-11-12-13-14-15-19-23(27)26-22-18-16-17-21(20-22)24(25)28;/h16-18H,2-15,19H2,1H3,(H2,25,28)(H,26,27);. The minimum atomic E-state index is -0.467. The van der Waals surface area contributed by atoms with Gasteiger partial charge in [-0.3, -0.25) is 0 Å². The molecule has 0 unspecified atom stereocenters. The van der Waals surface area contributed by atoms with Gasteiger partial charge in [0.1, 0.15) is 0 Å². The first-order valence-electron chi connectivity index (χ1n) is 11.8. The second-order valence-corrected chi connectivity index (χ2v) is 8.24. The fourth-order valence-corrected chi connectivity index (χ4v) is 3.73. The van der Waals surface area contributed by atoms with Crippen LogP contribution in [0.15, 0.2) is 18.2 Å². The second-order valence-electron chi connectivity index (χ2n) is 8.24. The molecular formula is C24H39LiN2O2. The van der Waals surface area contributed by atoms with Crippen molar-refractivity contribution in [3.05, 3.63) is 23.8 Å². The summed E-state index contributed by atoms with van der Waals surface area (Å²) < 4.78 is 0.731. The summed E-state index contributed by atoms with van der Waals surface area (Å²) in [4.78, 5) is 23.5. The summed E-state index contributed by atoms with van der Waals surface area (Å²) in [5, 5.41) is 2.91. The van der Waals surface area contributed by atoms with Crippen LogP contribution in [-0.2, 0) is 4.79 Å². The molecule has 1 aromatic rings. The Hall–Kier alpha value is -1.24. The predicted octanol–water partition coefficient (Wildman–Crippen LogP) is 5.39. The van der Waals surface area contributed by atoms with Crippen LogP contribution in [-0.4, -0.2) is 29.5 Å². The molecule has 0 fully saturated rings. The van der Waals surface area contributed by atoms with Gasteiger partial charge in [0.15, 0.2) is 0 Å². The van der Waals surface area contributed by atoms with E-state index in [0.29, 0.717) is 17.7 Å². The maximum atomic E-state index is 12.1. The molecule has 1 rings (SSSR count). The monoisotopic (exact) mass is 394 g/mol. The summed E-state index contributed by atoms with van der Waals surface area (Å²) in [5.41, 5.74) is 6.49. The third kappa shape index (κ3) is 12.1. The summed E-state index contributed by atoms with van der Waals surface area (Å²) in [7, 11) is 0. The molecule has 0 aliphatic rings. The second kappa shape index (κ2) is 16.5. The molecule has 0 radical (unpaired) electrons. The Morgan fingerprint density at radius 3 is 1.79 bits per heavy atom. The molecule has 0 spiro atoms. The van der Waals surface area contributed by atoms with Crippen LogP contribution in [0.2, 0.25) is 0 Å². The van der Waals surface area contributed by atoms with Crippen LogP contribution >= 0.6 is 0 Å². The number of carbonyl (C=O) groups excluding carboxylic acids is 2. The van der Waals surface area contributed by atoms with Gasteiger partial charge in [0, 0.05) is 0 Å². The van der Waals surface area contributed by atoms with E-state index in [0.717, 1.165) is 17.1 Å². The zero-order valence-corrected chi connectivity index (χ0v) is 18.7. The average molecular weight is 395 g/mol. The van der Waals surface area contributed by atoms with E-state index in [9.17, 15) is 9.59 Å². The number of anilines is 1.